The van der Waals surface area contributed by atoms with E-state index in [1.54, 1.807) is 6.07 Å². The van der Waals surface area contributed by atoms with Crippen molar-refractivity contribution < 1.29 is 13.9 Å². The SMILES string of the molecule is CC(CC=O)c1cc(F)ccc1OCC1CC1. The predicted octanol–water partition coefficient (Wildman–Crippen LogP) is 3.31. The van der Waals surface area contributed by atoms with Gasteiger partial charge in [0, 0.05) is 12.0 Å². The van der Waals surface area contributed by atoms with Gasteiger partial charge in [-0.3, -0.25) is 0 Å². The molecule has 0 N–H and O–H groups in total. The Morgan fingerprint density at radius 3 is 2.94 bits per heavy atom. The molecule has 0 saturated heterocycles. The van der Waals surface area contributed by atoms with Gasteiger partial charge in [-0.1, -0.05) is 6.92 Å². The molecule has 1 aromatic carbocycles. The molecule has 0 radical (unpaired) electrons. The van der Waals surface area contributed by atoms with Crippen LogP contribution in [0, 0.1) is 11.7 Å². The zero-order valence-electron chi connectivity index (χ0n) is 9.99. The second-order valence-electron chi connectivity index (χ2n) is 4.74. The second-order valence-corrected chi connectivity index (χ2v) is 4.74. The highest BCUT2D eigenvalue weighted by Crippen LogP contribution is 2.33. The number of aldehydes is 1. The molecule has 0 aliphatic heterocycles. The summed E-state index contributed by atoms with van der Waals surface area (Å²) in [5, 5.41) is 0. The van der Waals surface area contributed by atoms with Crippen LogP contribution in [0.4, 0.5) is 4.39 Å². The van der Waals surface area contributed by atoms with Crippen molar-refractivity contribution in [3.8, 4) is 5.75 Å². The molecule has 17 heavy (non-hydrogen) atoms. The lowest BCUT2D eigenvalue weighted by Gasteiger charge is -2.15. The molecular weight excluding hydrogens is 219 g/mol. The van der Waals surface area contributed by atoms with E-state index in [2.05, 4.69) is 0 Å². The predicted molar refractivity (Wildman–Crippen MR) is 63.7 cm³/mol. The summed E-state index contributed by atoms with van der Waals surface area (Å²) >= 11 is 0. The molecule has 2 rings (SSSR count). The van der Waals surface area contributed by atoms with Gasteiger partial charge in [-0.25, -0.2) is 4.39 Å². The minimum Gasteiger partial charge on any atom is -0.493 e. The van der Waals surface area contributed by atoms with E-state index in [1.165, 1.54) is 25.0 Å². The van der Waals surface area contributed by atoms with Crippen molar-refractivity contribution in [3.63, 3.8) is 0 Å². The molecule has 1 unspecified atom stereocenters. The maximum absolute atomic E-state index is 13.2. The summed E-state index contributed by atoms with van der Waals surface area (Å²) < 4.78 is 18.9. The van der Waals surface area contributed by atoms with Gasteiger partial charge >= 0.3 is 0 Å². The minimum atomic E-state index is -0.281. The number of carbonyl (C=O) groups excluding carboxylic acids is 1. The van der Waals surface area contributed by atoms with Crippen LogP contribution in [0.1, 0.15) is 37.7 Å². The molecule has 3 heteroatoms. The maximum Gasteiger partial charge on any atom is 0.123 e. The largest absolute Gasteiger partial charge is 0.493 e. The van der Waals surface area contributed by atoms with Crippen LogP contribution >= 0.6 is 0 Å². The number of carbonyl (C=O) groups is 1. The third-order valence-electron chi connectivity index (χ3n) is 3.12. The standard InChI is InChI=1S/C14H17FO2/c1-10(6-7-16)13-8-12(15)4-5-14(13)17-9-11-2-3-11/h4-5,7-8,10-11H,2-3,6,9H2,1H3. The number of halogens is 1. The lowest BCUT2D eigenvalue weighted by molar-refractivity contribution is -0.108. The number of benzene rings is 1. The molecular formula is C14H17FO2. The number of hydrogen-bond acceptors (Lipinski definition) is 2. The zero-order valence-corrected chi connectivity index (χ0v) is 9.99. The molecule has 1 aliphatic rings. The van der Waals surface area contributed by atoms with Gasteiger partial charge in [-0.15, -0.1) is 0 Å². The molecule has 1 atom stereocenters. The van der Waals surface area contributed by atoms with E-state index in [9.17, 15) is 9.18 Å². The van der Waals surface area contributed by atoms with E-state index in [4.69, 9.17) is 4.74 Å². The van der Waals surface area contributed by atoms with Crippen molar-refractivity contribution in [1.82, 2.24) is 0 Å². The normalized spacial score (nSPS) is 16.6. The Morgan fingerprint density at radius 2 is 2.29 bits per heavy atom. The Kier molecular flexibility index (Phi) is 3.77. The smallest absolute Gasteiger partial charge is 0.123 e. The molecule has 1 aliphatic carbocycles. The van der Waals surface area contributed by atoms with Crippen LogP contribution < -0.4 is 4.74 Å². The fraction of sp³-hybridized carbons (Fsp3) is 0.500. The molecule has 0 heterocycles. The first kappa shape index (κ1) is 12.1. The molecule has 1 fully saturated rings. The first-order valence-electron chi connectivity index (χ1n) is 6.06. The van der Waals surface area contributed by atoms with Crippen molar-refractivity contribution in [2.75, 3.05) is 6.61 Å². The van der Waals surface area contributed by atoms with E-state index in [1.807, 2.05) is 6.92 Å². The highest BCUT2D eigenvalue weighted by atomic mass is 19.1. The Balaban J connectivity index is 2.13. The summed E-state index contributed by atoms with van der Waals surface area (Å²) in [5.74, 6) is 1.09. The summed E-state index contributed by atoms with van der Waals surface area (Å²) in [7, 11) is 0. The lowest BCUT2D eigenvalue weighted by atomic mass is 9.97. The van der Waals surface area contributed by atoms with Crippen LogP contribution in [-0.2, 0) is 4.79 Å². The fourth-order valence-corrected chi connectivity index (χ4v) is 1.80. The Bertz CT molecular complexity index is 399. The Morgan fingerprint density at radius 1 is 1.53 bits per heavy atom. The summed E-state index contributed by atoms with van der Waals surface area (Å²) in [4.78, 5) is 10.5. The molecule has 0 bridgehead atoms. The van der Waals surface area contributed by atoms with Crippen molar-refractivity contribution in [3.05, 3.63) is 29.6 Å². The van der Waals surface area contributed by atoms with Crippen molar-refractivity contribution in [2.45, 2.75) is 32.1 Å². The van der Waals surface area contributed by atoms with Crippen LogP contribution in [0.15, 0.2) is 18.2 Å². The quantitative estimate of drug-likeness (QED) is 0.708. The number of ether oxygens (including phenoxy) is 1. The fourth-order valence-electron chi connectivity index (χ4n) is 1.80. The molecule has 2 nitrogen and oxygen atoms in total. The Labute approximate surface area is 101 Å². The molecule has 1 aromatic rings. The topological polar surface area (TPSA) is 26.3 Å². The van der Waals surface area contributed by atoms with Gasteiger partial charge in [0.2, 0.25) is 0 Å². The highest BCUT2D eigenvalue weighted by Gasteiger charge is 2.23. The van der Waals surface area contributed by atoms with Gasteiger partial charge < -0.3 is 9.53 Å². The monoisotopic (exact) mass is 236 g/mol. The first-order chi connectivity index (χ1) is 8.20. The summed E-state index contributed by atoms with van der Waals surface area (Å²) in [6, 6.07) is 4.53. The van der Waals surface area contributed by atoms with Crippen LogP contribution in [0.3, 0.4) is 0 Å². The third kappa shape index (κ3) is 3.29. The van der Waals surface area contributed by atoms with E-state index in [0.717, 1.165) is 11.8 Å². The molecule has 0 aromatic heterocycles. The van der Waals surface area contributed by atoms with Gasteiger partial charge in [0.25, 0.3) is 0 Å². The molecule has 0 amide bonds. The van der Waals surface area contributed by atoms with E-state index >= 15 is 0 Å². The number of rotatable bonds is 6. The molecule has 0 spiro atoms. The lowest BCUT2D eigenvalue weighted by Crippen LogP contribution is -2.04. The van der Waals surface area contributed by atoms with Crippen molar-refractivity contribution >= 4 is 6.29 Å². The average Bonchev–Trinajstić information content (AvgIpc) is 3.11. The minimum absolute atomic E-state index is 0.00240. The van der Waals surface area contributed by atoms with Crippen LogP contribution in [0.25, 0.3) is 0 Å². The average molecular weight is 236 g/mol. The van der Waals surface area contributed by atoms with Gasteiger partial charge in [-0.2, -0.15) is 0 Å². The van der Waals surface area contributed by atoms with Gasteiger partial charge in [0.05, 0.1) is 6.61 Å². The van der Waals surface area contributed by atoms with E-state index in [0.29, 0.717) is 24.7 Å². The second kappa shape index (κ2) is 5.30. The van der Waals surface area contributed by atoms with Crippen molar-refractivity contribution in [2.24, 2.45) is 5.92 Å². The zero-order chi connectivity index (χ0) is 12.3. The summed E-state index contributed by atoms with van der Waals surface area (Å²) in [6.07, 6.45) is 3.70. The Hall–Kier alpha value is -1.38. The molecule has 92 valence electrons. The summed E-state index contributed by atoms with van der Waals surface area (Å²) in [6.45, 7) is 2.61. The molecule has 1 saturated carbocycles. The third-order valence-corrected chi connectivity index (χ3v) is 3.12. The summed E-state index contributed by atoms with van der Waals surface area (Å²) in [5.41, 5.74) is 0.790. The van der Waals surface area contributed by atoms with Gasteiger partial charge in [0.1, 0.15) is 17.9 Å². The number of hydrogen-bond donors (Lipinski definition) is 0. The van der Waals surface area contributed by atoms with Crippen LogP contribution in [0.2, 0.25) is 0 Å². The maximum atomic E-state index is 13.2. The first-order valence-corrected chi connectivity index (χ1v) is 6.06. The van der Waals surface area contributed by atoms with Crippen LogP contribution in [-0.4, -0.2) is 12.9 Å². The van der Waals surface area contributed by atoms with Crippen molar-refractivity contribution in [1.29, 1.82) is 0 Å². The van der Waals surface area contributed by atoms with E-state index in [-0.39, 0.29) is 11.7 Å². The van der Waals surface area contributed by atoms with Gasteiger partial charge in [0.15, 0.2) is 0 Å². The van der Waals surface area contributed by atoms with Gasteiger partial charge in [-0.05, 0) is 42.9 Å². The van der Waals surface area contributed by atoms with Crippen LogP contribution in [0.5, 0.6) is 5.75 Å². The van der Waals surface area contributed by atoms with E-state index < -0.39 is 0 Å². The highest BCUT2D eigenvalue weighted by molar-refractivity contribution is 5.52.